The second-order valence-corrected chi connectivity index (χ2v) is 4.61. The van der Waals surface area contributed by atoms with Gasteiger partial charge in [-0.05, 0) is 37.1 Å². The molecular weight excluding hydrogens is 238 g/mol. The second-order valence-electron chi connectivity index (χ2n) is 4.61. The Hall–Kier alpha value is -2.43. The van der Waals surface area contributed by atoms with E-state index in [4.69, 9.17) is 0 Å². The molecule has 5 nitrogen and oxygen atoms in total. The zero-order valence-corrected chi connectivity index (χ0v) is 11.2. The lowest BCUT2D eigenvalue weighted by atomic mass is 10.1. The van der Waals surface area contributed by atoms with Gasteiger partial charge in [-0.15, -0.1) is 0 Å². The van der Waals surface area contributed by atoms with Crippen LogP contribution in [0.15, 0.2) is 30.7 Å². The number of rotatable bonds is 2. The highest BCUT2D eigenvalue weighted by Gasteiger charge is 2.10. The number of hydrogen-bond acceptors (Lipinski definition) is 4. The van der Waals surface area contributed by atoms with Crippen molar-refractivity contribution in [3.63, 3.8) is 0 Å². The normalized spacial score (nSPS) is 10.9. The number of benzene rings is 1. The maximum absolute atomic E-state index is 4.43. The summed E-state index contributed by atoms with van der Waals surface area (Å²) in [6.07, 6.45) is 3.34. The molecule has 0 radical (unpaired) electrons. The predicted octanol–water partition coefficient (Wildman–Crippen LogP) is 2.47. The van der Waals surface area contributed by atoms with Gasteiger partial charge in [0.25, 0.3) is 0 Å². The third kappa shape index (κ3) is 1.93. The summed E-state index contributed by atoms with van der Waals surface area (Å²) in [5.74, 6) is 0.792. The van der Waals surface area contributed by atoms with Crippen molar-refractivity contribution in [1.82, 2.24) is 19.7 Å². The van der Waals surface area contributed by atoms with Crippen LogP contribution in [0.4, 0.5) is 5.82 Å². The van der Waals surface area contributed by atoms with Crippen LogP contribution in [0.5, 0.6) is 0 Å². The molecule has 0 spiro atoms. The Balaban J connectivity index is 2.26. The fourth-order valence-corrected chi connectivity index (χ4v) is 2.31. The van der Waals surface area contributed by atoms with Crippen LogP contribution >= 0.6 is 0 Å². The average Bonchev–Trinajstić information content (AvgIpc) is 2.81. The standard InChI is InChI=1S/C14H15N5/c1-9-4-10(2)6-11(5-9)19-14-12(7-18-19)13(15-3)16-8-17-14/h4-8H,1-3H3,(H,15,16,17). The van der Waals surface area contributed by atoms with Crippen LogP contribution < -0.4 is 5.32 Å². The first-order valence-corrected chi connectivity index (χ1v) is 6.14. The van der Waals surface area contributed by atoms with E-state index in [2.05, 4.69) is 52.4 Å². The molecule has 0 aliphatic heterocycles. The molecular formula is C14H15N5. The van der Waals surface area contributed by atoms with Crippen LogP contribution in [0.1, 0.15) is 11.1 Å². The quantitative estimate of drug-likeness (QED) is 0.762. The highest BCUT2D eigenvalue weighted by Crippen LogP contribution is 2.22. The van der Waals surface area contributed by atoms with Gasteiger partial charge in [-0.1, -0.05) is 6.07 Å². The smallest absolute Gasteiger partial charge is 0.168 e. The van der Waals surface area contributed by atoms with Gasteiger partial charge < -0.3 is 5.32 Å². The number of hydrogen-bond donors (Lipinski definition) is 1. The molecule has 0 bridgehead atoms. The van der Waals surface area contributed by atoms with Gasteiger partial charge in [-0.25, -0.2) is 14.6 Å². The summed E-state index contributed by atoms with van der Waals surface area (Å²) in [4.78, 5) is 8.53. The summed E-state index contributed by atoms with van der Waals surface area (Å²) in [5.41, 5.74) is 4.25. The molecule has 0 saturated carbocycles. The van der Waals surface area contributed by atoms with Crippen molar-refractivity contribution in [2.45, 2.75) is 13.8 Å². The van der Waals surface area contributed by atoms with E-state index in [0.29, 0.717) is 0 Å². The molecule has 5 heteroatoms. The third-order valence-corrected chi connectivity index (χ3v) is 3.05. The summed E-state index contributed by atoms with van der Waals surface area (Å²) >= 11 is 0. The van der Waals surface area contributed by atoms with Crippen LogP contribution in [-0.2, 0) is 0 Å². The SMILES string of the molecule is CNc1ncnc2c1cnn2-c1cc(C)cc(C)c1. The summed E-state index contributed by atoms with van der Waals surface area (Å²) < 4.78 is 1.85. The van der Waals surface area contributed by atoms with Crippen LogP contribution in [0.2, 0.25) is 0 Å². The number of nitrogens with one attached hydrogen (secondary N) is 1. The van der Waals surface area contributed by atoms with Crippen LogP contribution in [-0.4, -0.2) is 26.8 Å². The molecule has 1 N–H and O–H groups in total. The van der Waals surface area contributed by atoms with Gasteiger partial charge in [0.2, 0.25) is 0 Å². The van der Waals surface area contributed by atoms with E-state index in [0.717, 1.165) is 22.5 Å². The summed E-state index contributed by atoms with van der Waals surface area (Å²) in [6.45, 7) is 4.16. The predicted molar refractivity (Wildman–Crippen MR) is 75.7 cm³/mol. The van der Waals surface area contributed by atoms with Crippen LogP contribution in [0.3, 0.4) is 0 Å². The molecule has 0 aliphatic carbocycles. The van der Waals surface area contributed by atoms with E-state index in [1.807, 2.05) is 11.7 Å². The topological polar surface area (TPSA) is 55.6 Å². The largest absolute Gasteiger partial charge is 0.372 e. The van der Waals surface area contributed by atoms with Gasteiger partial charge in [0.15, 0.2) is 5.65 Å². The van der Waals surface area contributed by atoms with E-state index < -0.39 is 0 Å². The number of anilines is 1. The van der Waals surface area contributed by atoms with E-state index in [9.17, 15) is 0 Å². The van der Waals surface area contributed by atoms with Crippen molar-refractivity contribution in [3.8, 4) is 5.69 Å². The summed E-state index contributed by atoms with van der Waals surface area (Å²) in [6, 6.07) is 6.34. The molecule has 0 aliphatic rings. The molecule has 3 rings (SSSR count). The fourth-order valence-electron chi connectivity index (χ4n) is 2.31. The fraction of sp³-hybridized carbons (Fsp3) is 0.214. The van der Waals surface area contributed by atoms with Crippen molar-refractivity contribution < 1.29 is 0 Å². The molecule has 3 aromatic rings. The Morgan fingerprint density at radius 1 is 1.05 bits per heavy atom. The van der Waals surface area contributed by atoms with Crippen molar-refractivity contribution in [3.05, 3.63) is 41.9 Å². The maximum atomic E-state index is 4.43. The summed E-state index contributed by atoms with van der Waals surface area (Å²) in [5, 5.41) is 8.40. The molecule has 96 valence electrons. The van der Waals surface area contributed by atoms with E-state index in [1.165, 1.54) is 11.1 Å². The molecule has 0 atom stereocenters. The minimum Gasteiger partial charge on any atom is -0.372 e. The molecule has 0 fully saturated rings. The molecule has 2 aromatic heterocycles. The maximum Gasteiger partial charge on any atom is 0.168 e. The number of aromatic nitrogens is 4. The van der Waals surface area contributed by atoms with E-state index in [1.54, 1.807) is 12.5 Å². The van der Waals surface area contributed by atoms with Gasteiger partial charge in [0.1, 0.15) is 12.1 Å². The average molecular weight is 253 g/mol. The number of nitrogens with zero attached hydrogens (tertiary/aromatic N) is 4. The molecule has 1 aromatic carbocycles. The number of fused-ring (bicyclic) bond motifs is 1. The first kappa shape index (κ1) is 11.6. The molecule has 0 saturated heterocycles. The monoisotopic (exact) mass is 253 g/mol. The zero-order valence-electron chi connectivity index (χ0n) is 11.2. The van der Waals surface area contributed by atoms with Gasteiger partial charge >= 0.3 is 0 Å². The highest BCUT2D eigenvalue weighted by molar-refractivity contribution is 5.86. The molecule has 19 heavy (non-hydrogen) atoms. The minimum absolute atomic E-state index is 0.792. The Labute approximate surface area is 111 Å². The number of aryl methyl sites for hydroxylation is 2. The lowest BCUT2D eigenvalue weighted by Gasteiger charge is -2.06. The lowest BCUT2D eigenvalue weighted by Crippen LogP contribution is -2.00. The van der Waals surface area contributed by atoms with Gasteiger partial charge in [0, 0.05) is 7.05 Å². The van der Waals surface area contributed by atoms with Crippen molar-refractivity contribution in [2.24, 2.45) is 0 Å². The van der Waals surface area contributed by atoms with Crippen LogP contribution in [0, 0.1) is 13.8 Å². The van der Waals surface area contributed by atoms with Crippen molar-refractivity contribution >= 4 is 16.9 Å². The Morgan fingerprint density at radius 3 is 2.47 bits per heavy atom. The Kier molecular flexibility index (Phi) is 2.67. The van der Waals surface area contributed by atoms with Gasteiger partial charge in [-0.3, -0.25) is 0 Å². The molecule has 0 unspecified atom stereocenters. The third-order valence-electron chi connectivity index (χ3n) is 3.05. The summed E-state index contributed by atoms with van der Waals surface area (Å²) in [7, 11) is 1.84. The second kappa shape index (κ2) is 4.35. The van der Waals surface area contributed by atoms with Crippen LogP contribution in [0.25, 0.3) is 16.7 Å². The Morgan fingerprint density at radius 2 is 1.79 bits per heavy atom. The minimum atomic E-state index is 0.792. The first-order valence-electron chi connectivity index (χ1n) is 6.14. The van der Waals surface area contributed by atoms with Crippen molar-refractivity contribution in [2.75, 3.05) is 12.4 Å². The Bertz CT molecular complexity index is 724. The highest BCUT2D eigenvalue weighted by atomic mass is 15.3. The van der Waals surface area contributed by atoms with Crippen molar-refractivity contribution in [1.29, 1.82) is 0 Å². The van der Waals surface area contributed by atoms with E-state index in [-0.39, 0.29) is 0 Å². The van der Waals surface area contributed by atoms with Gasteiger partial charge in [0.05, 0.1) is 17.3 Å². The molecule has 2 heterocycles. The van der Waals surface area contributed by atoms with E-state index >= 15 is 0 Å². The lowest BCUT2D eigenvalue weighted by molar-refractivity contribution is 0.892. The molecule has 0 amide bonds. The van der Waals surface area contributed by atoms with Gasteiger partial charge in [-0.2, -0.15) is 5.10 Å². The zero-order chi connectivity index (χ0) is 13.4. The first-order chi connectivity index (χ1) is 9.19.